The topological polar surface area (TPSA) is 87.3 Å². The molecule has 0 aromatic carbocycles. The van der Waals surface area contributed by atoms with Gasteiger partial charge in [0, 0.05) is 26.4 Å². The van der Waals surface area contributed by atoms with Gasteiger partial charge in [-0.2, -0.15) is 5.10 Å². The molecule has 1 atom stereocenters. The average Bonchev–Trinajstić information content (AvgIpc) is 3.05. The number of aryl methyl sites for hydroxylation is 1. The van der Waals surface area contributed by atoms with Gasteiger partial charge >= 0.3 is 0 Å². The molecule has 2 heterocycles. The lowest BCUT2D eigenvalue weighted by atomic mass is 9.95. The van der Waals surface area contributed by atoms with Crippen LogP contribution in [-0.2, 0) is 20.7 Å². The first-order chi connectivity index (χ1) is 10.0. The van der Waals surface area contributed by atoms with Crippen LogP contribution in [0.2, 0.25) is 0 Å². The third-order valence-electron chi connectivity index (χ3n) is 3.91. The number of aromatic nitrogens is 2. The third-order valence-corrected chi connectivity index (χ3v) is 3.91. The second-order valence-corrected chi connectivity index (χ2v) is 5.41. The van der Waals surface area contributed by atoms with Crippen molar-refractivity contribution in [1.29, 1.82) is 0 Å². The smallest absolute Gasteiger partial charge is 0.248 e. The molecule has 0 bridgehead atoms. The maximum atomic E-state index is 12.6. The molecule has 1 aliphatic heterocycles. The number of H-pyrrole nitrogens is 1. The van der Waals surface area contributed by atoms with E-state index < -0.39 is 5.54 Å². The van der Waals surface area contributed by atoms with Gasteiger partial charge in [-0.15, -0.1) is 0 Å². The van der Waals surface area contributed by atoms with Crippen molar-refractivity contribution in [3.8, 4) is 0 Å². The zero-order valence-electron chi connectivity index (χ0n) is 12.7. The summed E-state index contributed by atoms with van der Waals surface area (Å²) in [5, 5.41) is 9.55. The van der Waals surface area contributed by atoms with Gasteiger partial charge in [0.05, 0.1) is 18.7 Å². The summed E-state index contributed by atoms with van der Waals surface area (Å²) in [7, 11) is 3.13. The maximum absolute atomic E-state index is 12.6. The Morgan fingerprint density at radius 1 is 1.57 bits per heavy atom. The minimum absolute atomic E-state index is 0.0975. The van der Waals surface area contributed by atoms with Gasteiger partial charge in [-0.25, -0.2) is 0 Å². The van der Waals surface area contributed by atoms with Crippen LogP contribution >= 0.6 is 0 Å². The number of nitrogens with zero attached hydrogens (tertiary/aromatic N) is 2. The Morgan fingerprint density at radius 2 is 2.33 bits per heavy atom. The maximum Gasteiger partial charge on any atom is 0.248 e. The van der Waals surface area contributed by atoms with Crippen LogP contribution < -0.4 is 5.32 Å². The van der Waals surface area contributed by atoms with Gasteiger partial charge in [-0.05, 0) is 25.8 Å². The van der Waals surface area contributed by atoms with E-state index in [-0.39, 0.29) is 24.8 Å². The lowest BCUT2D eigenvalue weighted by Gasteiger charge is -2.36. The van der Waals surface area contributed by atoms with Gasteiger partial charge in [-0.3, -0.25) is 14.7 Å². The van der Waals surface area contributed by atoms with Gasteiger partial charge < -0.3 is 15.0 Å². The summed E-state index contributed by atoms with van der Waals surface area (Å²) in [5.74, 6) is -0.270. The molecular weight excluding hydrogens is 272 g/mol. The molecule has 7 nitrogen and oxygen atoms in total. The average molecular weight is 294 g/mol. The molecule has 1 aliphatic rings. The zero-order chi connectivity index (χ0) is 15.5. The van der Waals surface area contributed by atoms with Gasteiger partial charge in [0.15, 0.2) is 0 Å². The van der Waals surface area contributed by atoms with Gasteiger partial charge in [0.2, 0.25) is 11.8 Å². The van der Waals surface area contributed by atoms with Crippen LogP contribution in [-0.4, -0.2) is 59.8 Å². The van der Waals surface area contributed by atoms with Gasteiger partial charge in [0.25, 0.3) is 0 Å². The molecule has 0 saturated carbocycles. The van der Waals surface area contributed by atoms with Crippen molar-refractivity contribution in [2.45, 2.75) is 31.7 Å². The van der Waals surface area contributed by atoms with E-state index in [1.807, 2.05) is 13.0 Å². The quantitative estimate of drug-likeness (QED) is 0.801. The van der Waals surface area contributed by atoms with E-state index in [9.17, 15) is 9.59 Å². The largest absolute Gasteiger partial charge is 0.382 e. The molecule has 1 fully saturated rings. The van der Waals surface area contributed by atoms with Gasteiger partial charge in [0.1, 0.15) is 5.54 Å². The summed E-state index contributed by atoms with van der Waals surface area (Å²) in [6.07, 6.45) is 1.60. The molecule has 21 heavy (non-hydrogen) atoms. The molecule has 0 radical (unpaired) electrons. The minimum Gasteiger partial charge on any atom is -0.382 e. The van der Waals surface area contributed by atoms with E-state index in [2.05, 4.69) is 15.5 Å². The number of amides is 2. The van der Waals surface area contributed by atoms with Crippen LogP contribution in [0.5, 0.6) is 0 Å². The van der Waals surface area contributed by atoms with Crippen LogP contribution in [0.4, 0.5) is 0 Å². The van der Waals surface area contributed by atoms with Crippen molar-refractivity contribution in [3.63, 3.8) is 0 Å². The van der Waals surface area contributed by atoms with E-state index in [0.717, 1.165) is 12.1 Å². The van der Waals surface area contributed by atoms with Crippen LogP contribution in [0.25, 0.3) is 0 Å². The number of hydrogen-bond acceptors (Lipinski definition) is 4. The summed E-state index contributed by atoms with van der Waals surface area (Å²) < 4.78 is 5.21. The predicted octanol–water partition coefficient (Wildman–Crippen LogP) is 0.0142. The Labute approximate surface area is 124 Å². The van der Waals surface area contributed by atoms with E-state index in [1.165, 1.54) is 0 Å². The molecule has 116 valence electrons. The Bertz CT molecular complexity index is 528. The monoisotopic (exact) mass is 294 g/mol. The summed E-state index contributed by atoms with van der Waals surface area (Å²) in [5.41, 5.74) is 0.702. The highest BCUT2D eigenvalue weighted by atomic mass is 16.5. The first-order valence-corrected chi connectivity index (χ1v) is 7.06. The number of likely N-dealkylation sites (N-methyl/N-ethyl adjacent to an activating group) is 1. The van der Waals surface area contributed by atoms with Crippen molar-refractivity contribution >= 4 is 11.8 Å². The molecule has 1 aromatic heterocycles. The van der Waals surface area contributed by atoms with Crippen LogP contribution in [0, 0.1) is 6.92 Å². The van der Waals surface area contributed by atoms with Crippen molar-refractivity contribution < 1.29 is 14.3 Å². The Hall–Kier alpha value is -1.89. The molecule has 7 heteroatoms. The Kier molecular flexibility index (Phi) is 4.62. The molecule has 1 unspecified atom stereocenters. The number of aromatic amines is 1. The SMILES string of the molecule is CNC(=O)C1(COC)CCCN1C(=O)Cc1cc(C)[nH]n1. The summed E-state index contributed by atoms with van der Waals surface area (Å²) >= 11 is 0. The number of likely N-dealkylation sites (tertiary alicyclic amines) is 1. The van der Waals surface area contributed by atoms with Crippen LogP contribution in [0.15, 0.2) is 6.07 Å². The lowest BCUT2D eigenvalue weighted by molar-refractivity contribution is -0.147. The first kappa shape index (κ1) is 15.5. The molecule has 2 amide bonds. The lowest BCUT2D eigenvalue weighted by Crippen LogP contribution is -2.59. The third kappa shape index (κ3) is 2.92. The number of rotatable bonds is 5. The van der Waals surface area contributed by atoms with Crippen molar-refractivity contribution in [3.05, 3.63) is 17.5 Å². The number of nitrogens with one attached hydrogen (secondary N) is 2. The highest BCUT2D eigenvalue weighted by molar-refractivity contribution is 5.92. The predicted molar refractivity (Wildman–Crippen MR) is 76.6 cm³/mol. The summed E-state index contributed by atoms with van der Waals surface area (Å²) in [6, 6.07) is 1.84. The number of carbonyl (C=O) groups excluding carboxylic acids is 2. The Balaban J connectivity index is 2.19. The molecule has 2 rings (SSSR count). The fourth-order valence-corrected chi connectivity index (χ4v) is 2.98. The molecule has 1 saturated heterocycles. The van der Waals surface area contributed by atoms with E-state index in [0.29, 0.717) is 18.7 Å². The standard InChI is InChI=1S/C14H22N4O3/c1-10-7-11(17-16-10)8-12(19)18-6-4-5-14(18,9-21-3)13(20)15-2/h7H,4-6,8-9H2,1-3H3,(H,15,20)(H,16,17). The number of ether oxygens (including phenoxy) is 1. The van der Waals surface area contributed by atoms with Crippen LogP contribution in [0.1, 0.15) is 24.2 Å². The molecule has 0 spiro atoms. The fourth-order valence-electron chi connectivity index (χ4n) is 2.98. The first-order valence-electron chi connectivity index (χ1n) is 7.06. The summed E-state index contributed by atoms with van der Waals surface area (Å²) in [6.45, 7) is 2.66. The molecule has 2 N–H and O–H groups in total. The van der Waals surface area contributed by atoms with E-state index in [4.69, 9.17) is 4.74 Å². The number of methoxy groups -OCH3 is 1. The van der Waals surface area contributed by atoms with E-state index in [1.54, 1.807) is 19.1 Å². The van der Waals surface area contributed by atoms with Crippen molar-refractivity contribution in [2.75, 3.05) is 27.3 Å². The number of hydrogen-bond donors (Lipinski definition) is 2. The Morgan fingerprint density at radius 3 is 2.90 bits per heavy atom. The molecule has 0 aliphatic carbocycles. The van der Waals surface area contributed by atoms with Crippen molar-refractivity contribution in [2.24, 2.45) is 0 Å². The second kappa shape index (κ2) is 6.26. The van der Waals surface area contributed by atoms with Crippen LogP contribution in [0.3, 0.4) is 0 Å². The summed E-state index contributed by atoms with van der Waals surface area (Å²) in [4.78, 5) is 26.5. The normalized spacial score (nSPS) is 21.6. The van der Waals surface area contributed by atoms with Crippen molar-refractivity contribution in [1.82, 2.24) is 20.4 Å². The van der Waals surface area contributed by atoms with Gasteiger partial charge in [-0.1, -0.05) is 0 Å². The molecular formula is C14H22N4O3. The fraction of sp³-hybridized carbons (Fsp3) is 0.643. The number of carbonyl (C=O) groups is 2. The highest BCUT2D eigenvalue weighted by Crippen LogP contribution is 2.30. The second-order valence-electron chi connectivity index (χ2n) is 5.41. The highest BCUT2D eigenvalue weighted by Gasteiger charge is 2.49. The minimum atomic E-state index is -0.897. The van der Waals surface area contributed by atoms with E-state index >= 15 is 0 Å². The zero-order valence-corrected chi connectivity index (χ0v) is 12.7. The molecule has 1 aromatic rings.